The number of benzene rings is 4. The second-order valence-corrected chi connectivity index (χ2v) is 27.8. The SMILES string of the molecule is CCCCCCCCSc1nc(Oc2cc(C(C)(C)C)c(O)c(C(C)(C)C)c2)nc(Oc2cc(C(C)(C)C)c(O)c(C(C)(C)C)c2)n1.Cc1cc(O)c(C(C)(C)C)cc1Sc1cc(C(C)(C)C)c(O)cc1C. The van der Waals surface area contributed by atoms with E-state index in [0.29, 0.717) is 28.2 Å². The van der Waals surface area contributed by atoms with Gasteiger partial charge < -0.3 is 29.9 Å². The fourth-order valence-electron chi connectivity index (χ4n) is 8.24. The molecule has 396 valence electrons. The van der Waals surface area contributed by atoms with E-state index in [0.717, 1.165) is 66.5 Å². The van der Waals surface area contributed by atoms with Gasteiger partial charge in [-0.05, 0) is 112 Å². The average molecular weight is 1020 g/mol. The standard InChI is InChI=1S/C39H59N3O4S.C22H30O2S/c1-14-15-16-17-18-19-20-47-35-41-33(45-25-21-27(36(2,3)4)31(43)28(22-25)37(5,6)7)40-34(42-35)46-26-23-29(38(8,9)10)32(44)30(24-26)39(11,12)13;1-13-9-17(23)15(21(3,4)5)11-19(13)25-20-12-16(22(6,7)8)18(24)10-14(20)2/h21-24,43-44H,14-20H2,1-13H3;9-12,23-24H,1-8H3. The van der Waals surface area contributed by atoms with Gasteiger partial charge in [-0.2, -0.15) is 9.97 Å². The number of rotatable bonds is 14. The number of hydrogen-bond donors (Lipinski definition) is 4. The normalized spacial score (nSPS) is 12.7. The Labute approximate surface area is 442 Å². The van der Waals surface area contributed by atoms with E-state index in [-0.39, 0.29) is 56.0 Å². The topological polar surface area (TPSA) is 138 Å². The van der Waals surface area contributed by atoms with Gasteiger partial charge in [-0.15, -0.1) is 4.98 Å². The first-order valence-electron chi connectivity index (χ1n) is 25.8. The Morgan fingerprint density at radius 1 is 0.417 bits per heavy atom. The van der Waals surface area contributed by atoms with Crippen molar-refractivity contribution in [1.82, 2.24) is 15.0 Å². The lowest BCUT2D eigenvalue weighted by Gasteiger charge is -2.28. The highest BCUT2D eigenvalue weighted by molar-refractivity contribution is 7.99. The van der Waals surface area contributed by atoms with Crippen molar-refractivity contribution in [3.05, 3.63) is 93.0 Å². The number of aromatic hydroxyl groups is 4. The maximum absolute atomic E-state index is 11.2. The highest BCUT2D eigenvalue weighted by Crippen LogP contribution is 2.46. The van der Waals surface area contributed by atoms with Crippen LogP contribution in [0.25, 0.3) is 0 Å². The summed E-state index contributed by atoms with van der Waals surface area (Å²) < 4.78 is 12.7. The molecule has 0 aliphatic heterocycles. The van der Waals surface area contributed by atoms with E-state index in [1.165, 1.54) is 32.1 Å². The van der Waals surface area contributed by atoms with Crippen LogP contribution in [0.3, 0.4) is 0 Å². The molecule has 72 heavy (non-hydrogen) atoms. The van der Waals surface area contributed by atoms with Crippen LogP contribution < -0.4 is 9.47 Å². The molecule has 5 rings (SSSR count). The van der Waals surface area contributed by atoms with Gasteiger partial charge >= 0.3 is 12.0 Å². The first-order chi connectivity index (χ1) is 32.9. The van der Waals surface area contributed by atoms with Crippen LogP contribution in [0.1, 0.15) is 215 Å². The van der Waals surface area contributed by atoms with Crippen molar-refractivity contribution in [2.24, 2.45) is 0 Å². The first-order valence-corrected chi connectivity index (χ1v) is 27.6. The maximum atomic E-state index is 11.2. The average Bonchev–Trinajstić information content (AvgIpc) is 3.21. The van der Waals surface area contributed by atoms with Crippen LogP contribution in [0.5, 0.6) is 46.5 Å². The zero-order valence-electron chi connectivity index (χ0n) is 47.8. The van der Waals surface area contributed by atoms with Crippen molar-refractivity contribution in [3.63, 3.8) is 0 Å². The Kier molecular flexibility index (Phi) is 19.4. The molecular formula is C61H89N3O6S2. The smallest absolute Gasteiger partial charge is 0.329 e. The van der Waals surface area contributed by atoms with Gasteiger partial charge in [0.15, 0.2) is 5.16 Å². The van der Waals surface area contributed by atoms with E-state index in [1.54, 1.807) is 23.5 Å². The molecule has 5 aromatic rings. The quantitative estimate of drug-likeness (QED) is 0.0625. The summed E-state index contributed by atoms with van der Waals surface area (Å²) in [5.74, 6) is 3.22. The van der Waals surface area contributed by atoms with Gasteiger partial charge in [-0.1, -0.05) is 187 Å². The van der Waals surface area contributed by atoms with Gasteiger partial charge in [-0.3, -0.25) is 0 Å². The second kappa shape index (κ2) is 23.3. The molecule has 4 aromatic carbocycles. The van der Waals surface area contributed by atoms with Crippen LogP contribution in [0, 0.1) is 13.8 Å². The Bertz CT molecular complexity index is 2410. The van der Waals surface area contributed by atoms with Crippen LogP contribution in [-0.2, 0) is 32.5 Å². The maximum Gasteiger partial charge on any atom is 0.329 e. The highest BCUT2D eigenvalue weighted by Gasteiger charge is 2.30. The molecular weight excluding hydrogens is 935 g/mol. The summed E-state index contributed by atoms with van der Waals surface area (Å²) in [7, 11) is 0. The summed E-state index contributed by atoms with van der Waals surface area (Å²) in [5.41, 5.74) is 5.67. The molecule has 0 saturated heterocycles. The number of aryl methyl sites for hydroxylation is 2. The summed E-state index contributed by atoms with van der Waals surface area (Å²) in [4.78, 5) is 16.3. The molecule has 0 fully saturated rings. The Hall–Kier alpha value is -4.61. The molecule has 0 radical (unpaired) electrons. The van der Waals surface area contributed by atoms with Crippen molar-refractivity contribution in [2.75, 3.05) is 5.75 Å². The number of nitrogens with zero attached hydrogens (tertiary/aromatic N) is 3. The van der Waals surface area contributed by atoms with Crippen LogP contribution in [0.4, 0.5) is 0 Å². The zero-order chi connectivity index (χ0) is 54.5. The van der Waals surface area contributed by atoms with Crippen LogP contribution >= 0.6 is 23.5 Å². The van der Waals surface area contributed by atoms with Gasteiger partial charge in [0, 0.05) is 48.9 Å². The molecule has 1 aromatic heterocycles. The molecule has 0 spiro atoms. The number of aromatic nitrogens is 3. The van der Waals surface area contributed by atoms with Gasteiger partial charge in [0.1, 0.15) is 34.5 Å². The van der Waals surface area contributed by atoms with E-state index in [9.17, 15) is 20.4 Å². The van der Waals surface area contributed by atoms with E-state index >= 15 is 0 Å². The summed E-state index contributed by atoms with van der Waals surface area (Å²) in [6.07, 6.45) is 7.24. The molecule has 0 saturated carbocycles. The summed E-state index contributed by atoms with van der Waals surface area (Å²) >= 11 is 3.26. The molecule has 11 heteroatoms. The van der Waals surface area contributed by atoms with Crippen LogP contribution in [0.15, 0.2) is 63.5 Å². The summed E-state index contributed by atoms with van der Waals surface area (Å²) in [6.45, 7) is 43.7. The fourth-order valence-corrected chi connectivity index (χ4v) is 10.1. The highest BCUT2D eigenvalue weighted by atomic mass is 32.2. The third-order valence-electron chi connectivity index (χ3n) is 12.5. The summed E-state index contributed by atoms with van der Waals surface area (Å²) in [6, 6.07) is 15.6. The van der Waals surface area contributed by atoms with Crippen molar-refractivity contribution in [2.45, 2.75) is 231 Å². The Morgan fingerprint density at radius 2 is 0.736 bits per heavy atom. The minimum atomic E-state index is -0.316. The largest absolute Gasteiger partial charge is 0.508 e. The third kappa shape index (κ3) is 16.4. The lowest BCUT2D eigenvalue weighted by Crippen LogP contribution is -2.17. The first kappa shape index (κ1) is 59.9. The molecule has 1 heterocycles. The number of phenolic OH excluding ortho intramolecular Hbond substituents is 4. The summed E-state index contributed by atoms with van der Waals surface area (Å²) in [5, 5.41) is 43.6. The lowest BCUT2D eigenvalue weighted by molar-refractivity contribution is 0.376. The second-order valence-electron chi connectivity index (χ2n) is 25.6. The minimum Gasteiger partial charge on any atom is -0.508 e. The molecule has 0 aliphatic rings. The van der Waals surface area contributed by atoms with E-state index in [1.807, 2.05) is 50.2 Å². The number of thioether (sulfide) groups is 1. The zero-order valence-corrected chi connectivity index (χ0v) is 49.5. The Balaban J connectivity index is 0.000000377. The van der Waals surface area contributed by atoms with E-state index in [2.05, 4.69) is 159 Å². The van der Waals surface area contributed by atoms with E-state index < -0.39 is 0 Å². The van der Waals surface area contributed by atoms with Crippen LogP contribution in [-0.4, -0.2) is 41.1 Å². The van der Waals surface area contributed by atoms with Crippen LogP contribution in [0.2, 0.25) is 0 Å². The van der Waals surface area contributed by atoms with Gasteiger partial charge in [0.2, 0.25) is 0 Å². The van der Waals surface area contributed by atoms with Crippen molar-refractivity contribution >= 4 is 23.5 Å². The fraction of sp³-hybridized carbons (Fsp3) is 0.557. The van der Waals surface area contributed by atoms with Crippen molar-refractivity contribution in [1.29, 1.82) is 0 Å². The van der Waals surface area contributed by atoms with E-state index in [4.69, 9.17) is 9.47 Å². The molecule has 9 nitrogen and oxygen atoms in total. The molecule has 0 aliphatic carbocycles. The molecule has 4 N–H and O–H groups in total. The van der Waals surface area contributed by atoms with Gasteiger partial charge in [-0.25, -0.2) is 0 Å². The third-order valence-corrected chi connectivity index (χ3v) is 14.8. The Morgan fingerprint density at radius 3 is 1.06 bits per heavy atom. The predicted molar refractivity (Wildman–Crippen MR) is 302 cm³/mol. The molecule has 0 amide bonds. The minimum absolute atomic E-state index is 0.117. The monoisotopic (exact) mass is 1020 g/mol. The van der Waals surface area contributed by atoms with Crippen molar-refractivity contribution < 1.29 is 29.9 Å². The number of unbranched alkanes of at least 4 members (excludes halogenated alkanes) is 5. The van der Waals surface area contributed by atoms with Crippen molar-refractivity contribution in [3.8, 4) is 46.5 Å². The predicted octanol–water partition coefficient (Wildman–Crippen LogP) is 18.0. The lowest BCUT2D eigenvalue weighted by atomic mass is 9.79. The molecule has 0 atom stereocenters. The van der Waals surface area contributed by atoms with Gasteiger partial charge in [0.05, 0.1) is 0 Å². The van der Waals surface area contributed by atoms with Gasteiger partial charge in [0.25, 0.3) is 0 Å². The molecule has 0 unspecified atom stereocenters. The molecule has 0 bridgehead atoms. The number of ether oxygens (including phenoxy) is 2. The number of phenols is 4. The number of hydrogen-bond acceptors (Lipinski definition) is 11.